The first-order valence-electron chi connectivity index (χ1n) is 7.71. The monoisotopic (exact) mass is 316 g/mol. The molecule has 0 aliphatic carbocycles. The summed E-state index contributed by atoms with van der Waals surface area (Å²) in [6.07, 6.45) is 2.40. The van der Waals surface area contributed by atoms with Gasteiger partial charge in [0.15, 0.2) is 5.82 Å². The number of hydrogen-bond acceptors (Lipinski definition) is 7. The molecule has 0 saturated carbocycles. The zero-order chi connectivity index (χ0) is 16.7. The average molecular weight is 316 g/mol. The summed E-state index contributed by atoms with van der Waals surface area (Å²) in [5, 5.41) is 21.4. The summed E-state index contributed by atoms with van der Waals surface area (Å²) >= 11 is 0. The van der Waals surface area contributed by atoms with Gasteiger partial charge in [-0.1, -0.05) is 5.16 Å². The second-order valence-electron chi connectivity index (χ2n) is 5.50. The fraction of sp³-hybridized carbons (Fsp3) is 0.667. The van der Waals surface area contributed by atoms with Crippen LogP contribution in [-0.2, 0) is 4.79 Å². The zero-order valence-electron chi connectivity index (χ0n) is 13.2. The van der Waals surface area contributed by atoms with Crippen molar-refractivity contribution in [3.63, 3.8) is 0 Å². The highest BCUT2D eigenvalue weighted by atomic mass is 16.5. The largest absolute Gasteiger partial charge is 0.340 e. The normalized spacial score (nSPS) is 17.6. The van der Waals surface area contributed by atoms with Crippen LogP contribution in [0, 0.1) is 29.6 Å². The summed E-state index contributed by atoms with van der Waals surface area (Å²) < 4.78 is 5.03. The van der Waals surface area contributed by atoms with E-state index in [1.807, 2.05) is 17.0 Å². The van der Waals surface area contributed by atoms with E-state index in [2.05, 4.69) is 10.1 Å². The molecule has 8 heteroatoms. The van der Waals surface area contributed by atoms with Crippen LogP contribution >= 0.6 is 0 Å². The first-order valence-corrected chi connectivity index (χ1v) is 7.71. The summed E-state index contributed by atoms with van der Waals surface area (Å²) in [6, 6.07) is 4.07. The second kappa shape index (κ2) is 8.25. The van der Waals surface area contributed by atoms with Crippen LogP contribution in [-0.4, -0.2) is 52.0 Å². The Bertz CT molecular complexity index is 596. The van der Waals surface area contributed by atoms with E-state index in [9.17, 15) is 4.79 Å². The van der Waals surface area contributed by atoms with Gasteiger partial charge in [0.1, 0.15) is 0 Å². The van der Waals surface area contributed by atoms with Crippen molar-refractivity contribution in [3.8, 4) is 12.1 Å². The first-order chi connectivity index (χ1) is 11.2. The van der Waals surface area contributed by atoms with Gasteiger partial charge in [-0.05, 0) is 19.4 Å². The average Bonchev–Trinajstić information content (AvgIpc) is 3.16. The lowest BCUT2D eigenvalue weighted by atomic mass is 10.2. The highest BCUT2D eigenvalue weighted by Gasteiger charge is 2.31. The smallest absolute Gasteiger partial charge is 0.236 e. The van der Waals surface area contributed by atoms with Crippen LogP contribution in [0.3, 0.4) is 0 Å². The number of hydrogen-bond donors (Lipinski definition) is 0. The van der Waals surface area contributed by atoms with E-state index < -0.39 is 0 Å². The molecule has 1 fully saturated rings. The lowest BCUT2D eigenvalue weighted by Gasteiger charge is -2.26. The first kappa shape index (κ1) is 16.9. The Balaban J connectivity index is 1.98. The van der Waals surface area contributed by atoms with E-state index >= 15 is 0 Å². The molecule has 0 unspecified atom stereocenters. The molecule has 1 atom stereocenters. The van der Waals surface area contributed by atoms with Crippen molar-refractivity contribution in [2.24, 2.45) is 0 Å². The van der Waals surface area contributed by atoms with Gasteiger partial charge in [-0.2, -0.15) is 15.5 Å². The molecule has 0 N–H and O–H groups in total. The van der Waals surface area contributed by atoms with Gasteiger partial charge in [0.2, 0.25) is 11.8 Å². The number of nitrogens with zero attached hydrogens (tertiary/aromatic N) is 6. The van der Waals surface area contributed by atoms with Gasteiger partial charge in [-0.3, -0.25) is 9.69 Å². The maximum Gasteiger partial charge on any atom is 0.236 e. The Morgan fingerprint density at radius 2 is 2.09 bits per heavy atom. The van der Waals surface area contributed by atoms with Gasteiger partial charge < -0.3 is 9.42 Å². The standard InChI is InChI=1S/C15H20N6O2/c1-12-18-15(19-23-12)13-5-2-8-21(13)11-14(22)20(9-3-6-16)10-4-7-17/h13H,2-5,8-11H2,1H3/t13-/m1/s1. The van der Waals surface area contributed by atoms with Crippen LogP contribution in [0.2, 0.25) is 0 Å². The van der Waals surface area contributed by atoms with Crippen molar-refractivity contribution in [2.45, 2.75) is 38.6 Å². The number of carbonyl (C=O) groups is 1. The molecule has 0 radical (unpaired) electrons. The molecule has 122 valence electrons. The van der Waals surface area contributed by atoms with Crippen LogP contribution in [0.1, 0.15) is 43.4 Å². The topological polar surface area (TPSA) is 110 Å². The van der Waals surface area contributed by atoms with Crippen molar-refractivity contribution in [1.29, 1.82) is 10.5 Å². The lowest BCUT2D eigenvalue weighted by molar-refractivity contribution is -0.132. The SMILES string of the molecule is Cc1nc([C@H]2CCCN2CC(=O)N(CCC#N)CCC#N)no1. The lowest BCUT2D eigenvalue weighted by Crippen LogP contribution is -2.41. The molecule has 1 amide bonds. The Hall–Kier alpha value is -2.45. The van der Waals surface area contributed by atoms with Crippen LogP contribution in [0.25, 0.3) is 0 Å². The van der Waals surface area contributed by atoms with Crippen LogP contribution in [0.15, 0.2) is 4.52 Å². The number of carbonyl (C=O) groups excluding carboxylic acids is 1. The zero-order valence-corrected chi connectivity index (χ0v) is 13.2. The Labute approximate surface area is 135 Å². The van der Waals surface area contributed by atoms with Gasteiger partial charge in [-0.15, -0.1) is 0 Å². The number of aromatic nitrogens is 2. The van der Waals surface area contributed by atoms with Gasteiger partial charge in [0.25, 0.3) is 0 Å². The molecule has 2 heterocycles. The maximum absolute atomic E-state index is 12.5. The van der Waals surface area contributed by atoms with Gasteiger partial charge in [0, 0.05) is 20.0 Å². The molecule has 1 saturated heterocycles. The summed E-state index contributed by atoms with van der Waals surface area (Å²) in [7, 11) is 0. The highest BCUT2D eigenvalue weighted by molar-refractivity contribution is 5.78. The number of likely N-dealkylation sites (tertiary alicyclic amines) is 1. The van der Waals surface area contributed by atoms with E-state index in [4.69, 9.17) is 15.0 Å². The minimum atomic E-state index is -0.0670. The number of rotatable bonds is 7. The van der Waals surface area contributed by atoms with Gasteiger partial charge >= 0.3 is 0 Å². The highest BCUT2D eigenvalue weighted by Crippen LogP contribution is 2.29. The summed E-state index contributed by atoms with van der Waals surface area (Å²) in [5.74, 6) is 1.07. The third-order valence-electron chi connectivity index (χ3n) is 3.88. The predicted molar refractivity (Wildman–Crippen MR) is 79.6 cm³/mol. The molecule has 8 nitrogen and oxygen atoms in total. The fourth-order valence-electron chi connectivity index (χ4n) is 2.76. The van der Waals surface area contributed by atoms with E-state index in [0.717, 1.165) is 19.4 Å². The van der Waals surface area contributed by atoms with Crippen molar-refractivity contribution in [3.05, 3.63) is 11.7 Å². The molecule has 0 spiro atoms. The molecule has 0 bridgehead atoms. The minimum Gasteiger partial charge on any atom is -0.340 e. The quantitative estimate of drug-likeness (QED) is 0.742. The van der Waals surface area contributed by atoms with Crippen molar-refractivity contribution in [1.82, 2.24) is 19.9 Å². The molecule has 1 aliphatic rings. The molecule has 1 aliphatic heterocycles. The Morgan fingerprint density at radius 1 is 1.39 bits per heavy atom. The van der Waals surface area contributed by atoms with Gasteiger partial charge in [0.05, 0.1) is 37.6 Å². The van der Waals surface area contributed by atoms with E-state index in [0.29, 0.717) is 24.8 Å². The molecule has 1 aromatic heterocycles. The van der Waals surface area contributed by atoms with Crippen molar-refractivity contribution < 1.29 is 9.32 Å². The third-order valence-corrected chi connectivity index (χ3v) is 3.88. The Morgan fingerprint density at radius 3 is 2.65 bits per heavy atom. The Kier molecular flexibility index (Phi) is 6.07. The molecular formula is C15H20N6O2. The van der Waals surface area contributed by atoms with Crippen molar-refractivity contribution >= 4 is 5.91 Å². The number of aryl methyl sites for hydroxylation is 1. The fourth-order valence-corrected chi connectivity index (χ4v) is 2.76. The van der Waals surface area contributed by atoms with Crippen LogP contribution < -0.4 is 0 Å². The predicted octanol–water partition coefficient (Wildman–Crippen LogP) is 1.17. The third kappa shape index (κ3) is 4.51. The summed E-state index contributed by atoms with van der Waals surface area (Å²) in [5.41, 5.74) is 0. The molecule has 2 rings (SSSR count). The van der Waals surface area contributed by atoms with Crippen LogP contribution in [0.5, 0.6) is 0 Å². The molecular weight excluding hydrogens is 296 g/mol. The molecule has 23 heavy (non-hydrogen) atoms. The number of amides is 1. The minimum absolute atomic E-state index is 0.00909. The van der Waals surface area contributed by atoms with Gasteiger partial charge in [-0.25, -0.2) is 0 Å². The van der Waals surface area contributed by atoms with E-state index in [1.165, 1.54) is 0 Å². The maximum atomic E-state index is 12.5. The van der Waals surface area contributed by atoms with E-state index in [-0.39, 0.29) is 31.3 Å². The molecule has 0 aromatic carbocycles. The second-order valence-corrected chi connectivity index (χ2v) is 5.50. The van der Waals surface area contributed by atoms with Crippen LogP contribution in [0.4, 0.5) is 0 Å². The molecule has 1 aromatic rings. The summed E-state index contributed by atoms with van der Waals surface area (Å²) in [6.45, 7) is 3.50. The summed E-state index contributed by atoms with van der Waals surface area (Å²) in [4.78, 5) is 20.4. The van der Waals surface area contributed by atoms with Crippen molar-refractivity contribution in [2.75, 3.05) is 26.2 Å². The number of nitriles is 2. The van der Waals surface area contributed by atoms with E-state index in [1.54, 1.807) is 11.8 Å².